The van der Waals surface area contributed by atoms with Crippen LogP contribution in [0.15, 0.2) is 53.7 Å². The highest BCUT2D eigenvalue weighted by molar-refractivity contribution is 6.10. The Hall–Kier alpha value is -3.81. The number of guanidine groups is 1. The Balaban J connectivity index is 1.95. The van der Waals surface area contributed by atoms with E-state index in [-0.39, 0.29) is 29.1 Å². The second-order valence-electron chi connectivity index (χ2n) is 6.39. The van der Waals surface area contributed by atoms with Crippen LogP contribution in [0, 0.1) is 0 Å². The smallest absolute Gasteiger partial charge is 0.259 e. The van der Waals surface area contributed by atoms with E-state index in [9.17, 15) is 9.90 Å². The number of benzene rings is 2. The fourth-order valence-electron chi connectivity index (χ4n) is 2.69. The Bertz CT molecular complexity index is 1040. The van der Waals surface area contributed by atoms with Gasteiger partial charge in [0, 0.05) is 5.39 Å². The summed E-state index contributed by atoms with van der Waals surface area (Å²) in [5, 5.41) is 14.9. The van der Waals surface area contributed by atoms with Crippen molar-refractivity contribution in [3.63, 3.8) is 0 Å². The van der Waals surface area contributed by atoms with Crippen molar-refractivity contribution in [2.45, 2.75) is 20.0 Å². The lowest BCUT2D eigenvalue weighted by atomic mass is 10.0. The number of phenolic OH excluding ortho intramolecular Hbond substituents is 1. The van der Waals surface area contributed by atoms with E-state index < -0.39 is 5.91 Å². The van der Waals surface area contributed by atoms with Gasteiger partial charge >= 0.3 is 0 Å². The summed E-state index contributed by atoms with van der Waals surface area (Å²) in [4.78, 5) is 20.6. The van der Waals surface area contributed by atoms with Crippen LogP contribution >= 0.6 is 0 Å². The van der Waals surface area contributed by atoms with Crippen LogP contribution in [0.2, 0.25) is 0 Å². The zero-order chi connectivity index (χ0) is 20.3. The van der Waals surface area contributed by atoms with Crippen molar-refractivity contribution in [2.75, 3.05) is 5.32 Å². The number of amides is 1. The topological polar surface area (TPSA) is 136 Å². The number of phenols is 1. The first-order chi connectivity index (χ1) is 13.3. The van der Waals surface area contributed by atoms with Gasteiger partial charge in [0.05, 0.1) is 23.6 Å². The van der Waals surface area contributed by atoms with E-state index >= 15 is 0 Å². The summed E-state index contributed by atoms with van der Waals surface area (Å²) in [6.07, 6.45) is 1.25. The number of nitrogens with zero attached hydrogens (tertiary/aromatic N) is 2. The number of aromatic hydroxyl groups is 1. The van der Waals surface area contributed by atoms with E-state index in [0.29, 0.717) is 11.5 Å². The number of carbonyl (C=O) groups is 1. The fraction of sp³-hybridized carbons (Fsp3) is 0.150. The molecule has 0 bridgehead atoms. The number of anilines is 1. The Morgan fingerprint density at radius 3 is 2.61 bits per heavy atom. The van der Waals surface area contributed by atoms with E-state index in [1.54, 1.807) is 18.2 Å². The Kier molecular flexibility index (Phi) is 5.30. The Morgan fingerprint density at radius 2 is 1.96 bits per heavy atom. The van der Waals surface area contributed by atoms with Crippen LogP contribution < -0.4 is 21.5 Å². The van der Waals surface area contributed by atoms with Crippen LogP contribution in [0.4, 0.5) is 11.5 Å². The minimum absolute atomic E-state index is 0.0997. The van der Waals surface area contributed by atoms with Gasteiger partial charge in [-0.15, -0.1) is 0 Å². The third-order valence-electron chi connectivity index (χ3n) is 3.82. The Morgan fingerprint density at radius 1 is 1.21 bits per heavy atom. The molecule has 6 N–H and O–H groups in total. The van der Waals surface area contributed by atoms with E-state index in [0.717, 1.165) is 10.8 Å². The summed E-state index contributed by atoms with van der Waals surface area (Å²) in [5.41, 5.74) is 11.1. The summed E-state index contributed by atoms with van der Waals surface area (Å²) in [6.45, 7) is 3.70. The first-order valence-corrected chi connectivity index (χ1v) is 8.63. The van der Waals surface area contributed by atoms with Crippen molar-refractivity contribution in [1.29, 1.82) is 0 Å². The van der Waals surface area contributed by atoms with Gasteiger partial charge in [0.1, 0.15) is 0 Å². The van der Waals surface area contributed by atoms with Gasteiger partial charge in [-0.25, -0.2) is 4.98 Å². The van der Waals surface area contributed by atoms with Crippen LogP contribution in [-0.4, -0.2) is 28.1 Å². The monoisotopic (exact) mass is 379 g/mol. The Labute approximate surface area is 161 Å². The molecule has 3 rings (SSSR count). The third kappa shape index (κ3) is 4.12. The summed E-state index contributed by atoms with van der Waals surface area (Å²) >= 11 is 0. The fourth-order valence-corrected chi connectivity index (χ4v) is 2.69. The van der Waals surface area contributed by atoms with Crippen LogP contribution in [0.3, 0.4) is 0 Å². The summed E-state index contributed by atoms with van der Waals surface area (Å²) < 4.78 is 5.77. The second kappa shape index (κ2) is 7.83. The number of hydrogen-bond donors (Lipinski definition) is 4. The predicted octanol–water partition coefficient (Wildman–Crippen LogP) is 2.88. The molecule has 0 unspecified atom stereocenters. The van der Waals surface area contributed by atoms with Crippen LogP contribution in [0.5, 0.6) is 11.5 Å². The SMILES string of the molecule is CC(C)Oc1c(O)c(C(=O)Nc2ccc(N=C(N)N)nc2)cc2ccccc12. The number of carbonyl (C=O) groups excluding carboxylic acids is 1. The lowest BCUT2D eigenvalue weighted by molar-refractivity contribution is 0.102. The van der Waals surface area contributed by atoms with Crippen molar-refractivity contribution in [1.82, 2.24) is 4.98 Å². The van der Waals surface area contributed by atoms with Gasteiger partial charge in [-0.3, -0.25) is 4.79 Å². The zero-order valence-electron chi connectivity index (χ0n) is 15.5. The highest BCUT2D eigenvalue weighted by Crippen LogP contribution is 2.39. The lowest BCUT2D eigenvalue weighted by Gasteiger charge is -2.16. The number of nitrogens with one attached hydrogen (secondary N) is 1. The van der Waals surface area contributed by atoms with Gasteiger partial charge in [0.2, 0.25) is 0 Å². The molecule has 0 aliphatic carbocycles. The molecule has 0 aliphatic rings. The summed E-state index contributed by atoms with van der Waals surface area (Å²) in [7, 11) is 0. The van der Waals surface area contributed by atoms with Crippen LogP contribution in [0.1, 0.15) is 24.2 Å². The normalized spacial score (nSPS) is 10.7. The summed E-state index contributed by atoms with van der Waals surface area (Å²) in [6, 6.07) is 12.2. The maximum atomic E-state index is 12.8. The number of nitrogens with two attached hydrogens (primary N) is 2. The van der Waals surface area contributed by atoms with Gasteiger partial charge in [-0.1, -0.05) is 24.3 Å². The van der Waals surface area contributed by atoms with E-state index in [2.05, 4.69) is 15.3 Å². The van der Waals surface area contributed by atoms with E-state index in [1.807, 2.05) is 38.1 Å². The molecule has 1 heterocycles. The molecule has 8 heteroatoms. The number of hydrogen-bond acceptors (Lipinski definition) is 5. The molecular formula is C20H21N5O3. The van der Waals surface area contributed by atoms with Gasteiger partial charge in [0.15, 0.2) is 23.3 Å². The molecule has 1 aromatic heterocycles. The molecule has 0 spiro atoms. The number of aromatic nitrogens is 1. The van der Waals surface area contributed by atoms with Gasteiger partial charge in [-0.05, 0) is 37.4 Å². The van der Waals surface area contributed by atoms with Gasteiger partial charge in [0.25, 0.3) is 5.91 Å². The first-order valence-electron chi connectivity index (χ1n) is 8.63. The summed E-state index contributed by atoms with van der Waals surface area (Å²) in [5.74, 6) is -0.218. The van der Waals surface area contributed by atoms with Crippen molar-refractivity contribution in [3.8, 4) is 11.5 Å². The molecule has 1 amide bonds. The number of fused-ring (bicyclic) bond motifs is 1. The minimum atomic E-state index is -0.492. The van der Waals surface area contributed by atoms with Gasteiger partial charge < -0.3 is 26.6 Å². The predicted molar refractivity (Wildman–Crippen MR) is 109 cm³/mol. The molecule has 2 aromatic carbocycles. The van der Waals surface area contributed by atoms with Gasteiger partial charge in [-0.2, -0.15) is 4.99 Å². The van der Waals surface area contributed by atoms with E-state index in [1.165, 1.54) is 6.20 Å². The molecule has 0 saturated heterocycles. The van der Waals surface area contributed by atoms with Crippen LogP contribution in [-0.2, 0) is 0 Å². The molecular weight excluding hydrogens is 358 g/mol. The standard InChI is InChI=1S/C20H21N5O3/c1-11(2)28-18-14-6-4-3-5-12(14)9-15(17(18)26)19(27)24-13-7-8-16(23-10-13)25-20(21)22/h3-11,26H,1-2H3,(H,24,27)(H4,21,22,23,25). The first kappa shape index (κ1) is 19.0. The molecule has 28 heavy (non-hydrogen) atoms. The molecule has 3 aromatic rings. The van der Waals surface area contributed by atoms with Crippen molar-refractivity contribution >= 4 is 34.1 Å². The average Bonchev–Trinajstić information content (AvgIpc) is 2.64. The molecule has 0 atom stereocenters. The van der Waals surface area contributed by atoms with Crippen molar-refractivity contribution in [3.05, 3.63) is 54.2 Å². The number of ether oxygens (including phenoxy) is 1. The quantitative estimate of drug-likeness (QED) is 0.397. The largest absolute Gasteiger partial charge is 0.504 e. The van der Waals surface area contributed by atoms with Crippen molar-refractivity contribution in [2.24, 2.45) is 16.5 Å². The average molecular weight is 379 g/mol. The number of rotatable bonds is 5. The maximum absolute atomic E-state index is 12.8. The number of pyridine rings is 1. The molecule has 0 radical (unpaired) electrons. The number of aliphatic imine (C=N–C) groups is 1. The maximum Gasteiger partial charge on any atom is 0.259 e. The van der Waals surface area contributed by atoms with Crippen LogP contribution in [0.25, 0.3) is 10.8 Å². The zero-order valence-corrected chi connectivity index (χ0v) is 15.5. The molecule has 144 valence electrons. The third-order valence-corrected chi connectivity index (χ3v) is 3.82. The van der Waals surface area contributed by atoms with E-state index in [4.69, 9.17) is 16.2 Å². The molecule has 0 aliphatic heterocycles. The molecule has 8 nitrogen and oxygen atoms in total. The lowest BCUT2D eigenvalue weighted by Crippen LogP contribution is -2.22. The second-order valence-corrected chi connectivity index (χ2v) is 6.39. The molecule has 0 saturated carbocycles. The highest BCUT2D eigenvalue weighted by Gasteiger charge is 2.20. The molecule has 0 fully saturated rings. The highest BCUT2D eigenvalue weighted by atomic mass is 16.5. The van der Waals surface area contributed by atoms with Crippen molar-refractivity contribution < 1.29 is 14.6 Å². The minimum Gasteiger partial charge on any atom is -0.504 e.